The highest BCUT2D eigenvalue weighted by Gasteiger charge is 2.46. The summed E-state index contributed by atoms with van der Waals surface area (Å²) in [6, 6.07) is 2.00. The molecule has 2 aromatic rings. The van der Waals surface area contributed by atoms with Gasteiger partial charge in [-0.05, 0) is 33.1 Å². The molecule has 2 aliphatic heterocycles. The summed E-state index contributed by atoms with van der Waals surface area (Å²) in [5, 5.41) is 18.1. The van der Waals surface area contributed by atoms with Crippen LogP contribution in [-0.2, 0) is 16.0 Å². The molecule has 0 aromatic carbocycles. The van der Waals surface area contributed by atoms with Gasteiger partial charge < -0.3 is 24.2 Å². The molecule has 0 amide bonds. The topological polar surface area (TPSA) is 94.8 Å². The van der Waals surface area contributed by atoms with E-state index in [9.17, 15) is 5.11 Å². The lowest BCUT2D eigenvalue weighted by atomic mass is 9.81. The van der Waals surface area contributed by atoms with Crippen molar-refractivity contribution < 1.29 is 19.3 Å². The van der Waals surface area contributed by atoms with Gasteiger partial charge in [0.2, 0.25) is 0 Å². The molecule has 1 saturated carbocycles. The van der Waals surface area contributed by atoms with Crippen molar-refractivity contribution in [2.45, 2.75) is 64.6 Å². The van der Waals surface area contributed by atoms with Crippen LogP contribution in [0.5, 0.6) is 5.75 Å². The first-order valence-electron chi connectivity index (χ1n) is 11.1. The Hall–Kier alpha value is -2.23. The molecular weight excluding hydrogens is 398 g/mol. The third-order valence-corrected chi connectivity index (χ3v) is 6.39. The maximum Gasteiger partial charge on any atom is 0.178 e. The van der Waals surface area contributed by atoms with E-state index < -0.39 is 0 Å². The Morgan fingerprint density at radius 2 is 2.13 bits per heavy atom. The van der Waals surface area contributed by atoms with Crippen LogP contribution in [0.4, 0.5) is 5.69 Å². The molecule has 0 radical (unpaired) electrons. The first-order chi connectivity index (χ1) is 14.9. The molecule has 9 heteroatoms. The van der Waals surface area contributed by atoms with Crippen LogP contribution in [0.2, 0.25) is 0 Å². The molecule has 4 heterocycles. The van der Waals surface area contributed by atoms with Gasteiger partial charge in [-0.3, -0.25) is 0 Å². The second-order valence-electron chi connectivity index (χ2n) is 9.75. The third kappa shape index (κ3) is 4.02. The van der Waals surface area contributed by atoms with E-state index >= 15 is 0 Å². The van der Waals surface area contributed by atoms with Gasteiger partial charge in [0.25, 0.3) is 0 Å². The Morgan fingerprint density at radius 1 is 1.32 bits per heavy atom. The standard InChI is InChI=1S/C22H31N5O4/c1-15(2)30-18-7-16(26-11-21(3,12-26)13-28)8-23-20(18)17-9-27(25-24-17)10-19-29-14-22(31-19)5-4-6-22/h7-9,15,19,28H,4-6,10-14H2,1-3H3. The molecule has 3 fully saturated rings. The highest BCUT2D eigenvalue weighted by atomic mass is 16.7. The van der Waals surface area contributed by atoms with E-state index in [2.05, 4.69) is 27.1 Å². The molecule has 1 aliphatic carbocycles. The van der Waals surface area contributed by atoms with Gasteiger partial charge in [0.15, 0.2) is 6.29 Å². The van der Waals surface area contributed by atoms with Crippen LogP contribution in [-0.4, -0.2) is 69.4 Å². The Labute approximate surface area is 182 Å². The van der Waals surface area contributed by atoms with E-state index in [1.807, 2.05) is 32.3 Å². The highest BCUT2D eigenvalue weighted by molar-refractivity contribution is 5.66. The predicted molar refractivity (Wildman–Crippen MR) is 114 cm³/mol. The molecule has 168 valence electrons. The van der Waals surface area contributed by atoms with Gasteiger partial charge in [-0.25, -0.2) is 9.67 Å². The summed E-state index contributed by atoms with van der Waals surface area (Å²) in [5.41, 5.74) is 2.19. The van der Waals surface area contributed by atoms with Gasteiger partial charge in [-0.2, -0.15) is 0 Å². The summed E-state index contributed by atoms with van der Waals surface area (Å²) < 4.78 is 19.7. The monoisotopic (exact) mass is 429 g/mol. The zero-order valence-corrected chi connectivity index (χ0v) is 18.5. The molecule has 2 aromatic heterocycles. The Bertz CT molecular complexity index is 936. The number of pyridine rings is 1. The minimum Gasteiger partial charge on any atom is -0.489 e. The molecular formula is C22H31N5O4. The average molecular weight is 430 g/mol. The van der Waals surface area contributed by atoms with Crippen LogP contribution in [0.25, 0.3) is 11.4 Å². The Morgan fingerprint density at radius 3 is 2.77 bits per heavy atom. The van der Waals surface area contributed by atoms with E-state index in [0.717, 1.165) is 31.6 Å². The molecule has 1 atom stereocenters. The Kier molecular flexibility index (Phi) is 5.15. The minimum atomic E-state index is -0.288. The number of rotatable bonds is 7. The Balaban J connectivity index is 1.32. The zero-order chi connectivity index (χ0) is 21.6. The largest absolute Gasteiger partial charge is 0.489 e. The lowest BCUT2D eigenvalue weighted by Gasteiger charge is -2.48. The summed E-state index contributed by atoms with van der Waals surface area (Å²) in [5.74, 6) is 0.680. The van der Waals surface area contributed by atoms with Crippen molar-refractivity contribution in [3.8, 4) is 17.1 Å². The summed E-state index contributed by atoms with van der Waals surface area (Å²) >= 11 is 0. The predicted octanol–water partition coefficient (Wildman–Crippen LogP) is 2.24. The van der Waals surface area contributed by atoms with Crippen LogP contribution >= 0.6 is 0 Å². The molecule has 5 rings (SSSR count). The fourth-order valence-corrected chi connectivity index (χ4v) is 4.46. The maximum atomic E-state index is 9.52. The van der Waals surface area contributed by atoms with Crippen LogP contribution in [0.1, 0.15) is 40.0 Å². The molecule has 31 heavy (non-hydrogen) atoms. The van der Waals surface area contributed by atoms with Gasteiger partial charge in [0.05, 0.1) is 49.5 Å². The summed E-state index contributed by atoms with van der Waals surface area (Å²) in [6.45, 7) is 9.01. The fraction of sp³-hybridized carbons (Fsp3) is 0.682. The quantitative estimate of drug-likeness (QED) is 0.716. The molecule has 3 aliphatic rings. The second kappa shape index (κ2) is 7.72. The summed E-state index contributed by atoms with van der Waals surface area (Å²) in [4.78, 5) is 6.86. The fourth-order valence-electron chi connectivity index (χ4n) is 4.46. The van der Waals surface area contributed by atoms with Crippen molar-refractivity contribution in [2.24, 2.45) is 5.41 Å². The van der Waals surface area contributed by atoms with Crippen LogP contribution < -0.4 is 9.64 Å². The SMILES string of the molecule is CC(C)Oc1cc(N2CC(C)(CO)C2)cnc1-c1cn(CC2OCC3(CCC3)O2)nn1. The van der Waals surface area contributed by atoms with Gasteiger partial charge in [-0.1, -0.05) is 12.1 Å². The van der Waals surface area contributed by atoms with E-state index in [4.69, 9.17) is 14.2 Å². The smallest absolute Gasteiger partial charge is 0.178 e. The average Bonchev–Trinajstić information content (AvgIpc) is 3.32. The maximum absolute atomic E-state index is 9.52. The lowest BCUT2D eigenvalue weighted by Crippen LogP contribution is -2.56. The van der Waals surface area contributed by atoms with Crippen LogP contribution in [0.3, 0.4) is 0 Å². The molecule has 9 nitrogen and oxygen atoms in total. The van der Waals surface area contributed by atoms with Gasteiger partial charge >= 0.3 is 0 Å². The number of aliphatic hydroxyl groups is 1. The lowest BCUT2D eigenvalue weighted by molar-refractivity contribution is -0.123. The van der Waals surface area contributed by atoms with Crippen molar-refractivity contribution >= 4 is 5.69 Å². The van der Waals surface area contributed by atoms with Gasteiger partial charge in [0.1, 0.15) is 17.1 Å². The first kappa shape index (κ1) is 20.7. The van der Waals surface area contributed by atoms with E-state index in [1.54, 1.807) is 4.68 Å². The number of aliphatic hydroxyl groups excluding tert-OH is 1. The van der Waals surface area contributed by atoms with Crippen molar-refractivity contribution in [3.63, 3.8) is 0 Å². The normalized spacial score (nSPS) is 23.8. The van der Waals surface area contributed by atoms with E-state index in [0.29, 0.717) is 30.3 Å². The number of hydrogen-bond acceptors (Lipinski definition) is 8. The summed E-state index contributed by atoms with van der Waals surface area (Å²) in [6.07, 6.45) is 6.77. The van der Waals surface area contributed by atoms with Crippen molar-refractivity contribution in [1.29, 1.82) is 0 Å². The zero-order valence-electron chi connectivity index (χ0n) is 18.5. The van der Waals surface area contributed by atoms with Gasteiger partial charge in [-0.15, -0.1) is 5.10 Å². The highest BCUT2D eigenvalue weighted by Crippen LogP contribution is 2.41. The van der Waals surface area contributed by atoms with Crippen LogP contribution in [0.15, 0.2) is 18.5 Å². The first-order valence-corrected chi connectivity index (χ1v) is 11.1. The molecule has 0 bridgehead atoms. The number of hydrogen-bond donors (Lipinski definition) is 1. The second-order valence-corrected chi connectivity index (χ2v) is 9.75. The number of aromatic nitrogens is 4. The van der Waals surface area contributed by atoms with Gasteiger partial charge in [0, 0.05) is 24.6 Å². The minimum absolute atomic E-state index is 0.00361. The van der Waals surface area contributed by atoms with E-state index in [1.165, 1.54) is 6.42 Å². The van der Waals surface area contributed by atoms with Crippen molar-refractivity contribution in [1.82, 2.24) is 20.0 Å². The number of anilines is 1. The van der Waals surface area contributed by atoms with Crippen molar-refractivity contribution in [3.05, 3.63) is 18.5 Å². The van der Waals surface area contributed by atoms with E-state index in [-0.39, 0.29) is 30.0 Å². The third-order valence-electron chi connectivity index (χ3n) is 6.39. The molecule has 1 spiro atoms. The summed E-state index contributed by atoms with van der Waals surface area (Å²) in [7, 11) is 0. The number of ether oxygens (including phenoxy) is 3. The number of nitrogens with zero attached hydrogens (tertiary/aromatic N) is 5. The van der Waals surface area contributed by atoms with Crippen LogP contribution in [0, 0.1) is 5.41 Å². The van der Waals surface area contributed by atoms with Crippen molar-refractivity contribution in [2.75, 3.05) is 31.2 Å². The molecule has 2 saturated heterocycles. The molecule has 1 N–H and O–H groups in total. The molecule has 1 unspecified atom stereocenters.